The summed E-state index contributed by atoms with van der Waals surface area (Å²) in [5.74, 6) is 0. The summed E-state index contributed by atoms with van der Waals surface area (Å²) >= 11 is 0. The van der Waals surface area contributed by atoms with Crippen LogP contribution in [0.15, 0.2) is 54.6 Å². The fourth-order valence-electron chi connectivity index (χ4n) is 1.64. The van der Waals surface area contributed by atoms with Gasteiger partial charge < -0.3 is 0 Å². The van der Waals surface area contributed by atoms with Crippen LogP contribution in [0.4, 0.5) is 0 Å². The first-order valence-corrected chi connectivity index (χ1v) is 5.19. The van der Waals surface area contributed by atoms with E-state index in [1.807, 2.05) is 18.2 Å². The second-order valence-corrected chi connectivity index (χ2v) is 3.56. The van der Waals surface area contributed by atoms with Gasteiger partial charge >= 0.3 is 0 Å². The van der Waals surface area contributed by atoms with Gasteiger partial charge in [-0.3, -0.25) is 5.73 Å². The molecule has 0 heterocycles. The highest BCUT2D eigenvalue weighted by Crippen LogP contribution is 2.19. The molecule has 0 saturated heterocycles. The van der Waals surface area contributed by atoms with Gasteiger partial charge in [-0.1, -0.05) is 54.6 Å². The molecule has 0 atom stereocenters. The maximum atomic E-state index is 7.16. The van der Waals surface area contributed by atoms with Gasteiger partial charge in [0, 0.05) is 6.54 Å². The molecule has 2 aromatic rings. The highest BCUT2D eigenvalue weighted by Gasteiger charge is 1.96. The first-order chi connectivity index (χ1) is 7.40. The molecule has 0 aliphatic rings. The van der Waals surface area contributed by atoms with Crippen LogP contribution in [-0.4, -0.2) is 6.54 Å². The van der Waals surface area contributed by atoms with Crippen LogP contribution in [0, 0.1) is 0 Å². The molecule has 0 fully saturated rings. The number of hydrogen-bond acceptors (Lipinski definition) is 0. The first kappa shape index (κ1) is 9.94. The van der Waals surface area contributed by atoms with Crippen molar-refractivity contribution >= 4 is 0 Å². The maximum absolute atomic E-state index is 7.16. The monoisotopic (exact) mass is 196 g/mol. The van der Waals surface area contributed by atoms with E-state index in [4.69, 9.17) is 5.73 Å². The van der Waals surface area contributed by atoms with Crippen LogP contribution < -0.4 is 5.73 Å². The minimum absolute atomic E-state index is 0.463. The van der Waals surface area contributed by atoms with Crippen molar-refractivity contribution in [1.29, 1.82) is 0 Å². The molecule has 1 nitrogen and oxygen atoms in total. The molecular weight excluding hydrogens is 182 g/mol. The molecule has 1 heteroatoms. The zero-order valence-corrected chi connectivity index (χ0v) is 8.61. The number of rotatable bonds is 3. The molecule has 2 aromatic carbocycles. The zero-order valence-electron chi connectivity index (χ0n) is 8.61. The Balaban J connectivity index is 2.24. The van der Waals surface area contributed by atoms with Crippen LogP contribution >= 0.6 is 0 Å². The Morgan fingerprint density at radius 3 is 1.93 bits per heavy atom. The number of hydrogen-bond donors (Lipinski definition) is 0. The Kier molecular flexibility index (Phi) is 3.15. The lowest BCUT2D eigenvalue weighted by Gasteiger charge is -2.03. The van der Waals surface area contributed by atoms with Crippen LogP contribution in [0.5, 0.6) is 0 Å². The van der Waals surface area contributed by atoms with E-state index < -0.39 is 0 Å². The maximum Gasteiger partial charge on any atom is 0.0140 e. The second-order valence-electron chi connectivity index (χ2n) is 3.56. The molecule has 0 aliphatic carbocycles. The molecule has 0 saturated carbocycles. The number of benzene rings is 2. The van der Waals surface area contributed by atoms with Crippen molar-refractivity contribution in [2.24, 2.45) is 0 Å². The Hall–Kier alpha value is -1.60. The lowest BCUT2D eigenvalue weighted by Crippen LogP contribution is -1.91. The van der Waals surface area contributed by atoms with Gasteiger partial charge in [0.15, 0.2) is 0 Å². The molecule has 0 amide bonds. The predicted octanol–water partition coefficient (Wildman–Crippen LogP) is 3.18. The van der Waals surface area contributed by atoms with Crippen LogP contribution in [-0.2, 0) is 6.42 Å². The fraction of sp³-hybridized carbons (Fsp3) is 0.143. The summed E-state index contributed by atoms with van der Waals surface area (Å²) in [5.41, 5.74) is 10.9. The van der Waals surface area contributed by atoms with E-state index in [0.717, 1.165) is 6.42 Å². The normalized spacial score (nSPS) is 10.2. The van der Waals surface area contributed by atoms with Crippen molar-refractivity contribution in [3.8, 4) is 11.1 Å². The van der Waals surface area contributed by atoms with Gasteiger partial charge in [0.2, 0.25) is 0 Å². The van der Waals surface area contributed by atoms with Crippen molar-refractivity contribution in [2.45, 2.75) is 6.42 Å². The molecule has 0 bridgehead atoms. The molecule has 0 spiro atoms. The molecule has 2 rings (SSSR count). The Bertz CT molecular complexity index is 403. The molecular formula is C14H14N. The Labute approximate surface area is 90.6 Å². The smallest absolute Gasteiger partial charge is 0.0140 e. The summed E-state index contributed by atoms with van der Waals surface area (Å²) in [6.07, 6.45) is 0.842. The van der Waals surface area contributed by atoms with Crippen molar-refractivity contribution in [1.82, 2.24) is 5.73 Å². The van der Waals surface area contributed by atoms with Crippen molar-refractivity contribution in [2.75, 3.05) is 6.54 Å². The van der Waals surface area contributed by atoms with Crippen molar-refractivity contribution in [3.63, 3.8) is 0 Å². The van der Waals surface area contributed by atoms with E-state index in [9.17, 15) is 0 Å². The largest absolute Gasteiger partial charge is 0.258 e. The Morgan fingerprint density at radius 2 is 1.33 bits per heavy atom. The third-order valence-electron chi connectivity index (χ3n) is 2.47. The van der Waals surface area contributed by atoms with Gasteiger partial charge in [0.1, 0.15) is 0 Å². The molecule has 0 unspecified atom stereocenters. The number of nitrogens with one attached hydrogen (secondary N) is 1. The molecule has 1 radical (unpaired) electrons. The molecule has 0 aliphatic heterocycles. The highest BCUT2D eigenvalue weighted by atomic mass is 14.5. The first-order valence-electron chi connectivity index (χ1n) is 5.19. The second kappa shape index (κ2) is 4.76. The van der Waals surface area contributed by atoms with E-state index >= 15 is 0 Å². The van der Waals surface area contributed by atoms with Gasteiger partial charge in [0.25, 0.3) is 0 Å². The quantitative estimate of drug-likeness (QED) is 0.720. The molecule has 1 N–H and O–H groups in total. The Morgan fingerprint density at radius 1 is 0.733 bits per heavy atom. The molecule has 75 valence electrons. The lowest BCUT2D eigenvalue weighted by atomic mass is 10.0. The topological polar surface area (TPSA) is 23.8 Å². The van der Waals surface area contributed by atoms with Crippen LogP contribution in [0.25, 0.3) is 11.1 Å². The fourth-order valence-corrected chi connectivity index (χ4v) is 1.64. The van der Waals surface area contributed by atoms with Crippen LogP contribution in [0.2, 0.25) is 0 Å². The van der Waals surface area contributed by atoms with E-state index in [1.165, 1.54) is 16.7 Å². The van der Waals surface area contributed by atoms with Gasteiger partial charge in [-0.15, -0.1) is 0 Å². The van der Waals surface area contributed by atoms with E-state index in [-0.39, 0.29) is 0 Å². The summed E-state index contributed by atoms with van der Waals surface area (Å²) in [6.45, 7) is 0.463. The van der Waals surface area contributed by atoms with Gasteiger partial charge in [-0.2, -0.15) is 0 Å². The van der Waals surface area contributed by atoms with Crippen LogP contribution in [0.3, 0.4) is 0 Å². The SMILES string of the molecule is [NH]CCc1ccc(-c2ccccc2)cc1. The average Bonchev–Trinajstić information content (AvgIpc) is 2.32. The zero-order chi connectivity index (χ0) is 10.5. The summed E-state index contributed by atoms with van der Waals surface area (Å²) in [4.78, 5) is 0. The van der Waals surface area contributed by atoms with E-state index in [1.54, 1.807) is 0 Å². The van der Waals surface area contributed by atoms with Gasteiger partial charge in [-0.05, 0) is 23.1 Å². The van der Waals surface area contributed by atoms with Gasteiger partial charge in [0.05, 0.1) is 0 Å². The minimum atomic E-state index is 0.463. The summed E-state index contributed by atoms with van der Waals surface area (Å²) in [5, 5.41) is 0. The van der Waals surface area contributed by atoms with Gasteiger partial charge in [-0.25, -0.2) is 0 Å². The summed E-state index contributed by atoms with van der Waals surface area (Å²) in [7, 11) is 0. The lowest BCUT2D eigenvalue weighted by molar-refractivity contribution is 0.941. The minimum Gasteiger partial charge on any atom is -0.258 e. The third kappa shape index (κ3) is 2.45. The predicted molar refractivity (Wildman–Crippen MR) is 63.5 cm³/mol. The van der Waals surface area contributed by atoms with E-state index in [0.29, 0.717) is 6.54 Å². The molecule has 15 heavy (non-hydrogen) atoms. The van der Waals surface area contributed by atoms with Crippen molar-refractivity contribution < 1.29 is 0 Å². The van der Waals surface area contributed by atoms with Crippen LogP contribution in [0.1, 0.15) is 5.56 Å². The third-order valence-corrected chi connectivity index (χ3v) is 2.47. The average molecular weight is 196 g/mol. The van der Waals surface area contributed by atoms with Crippen molar-refractivity contribution in [3.05, 3.63) is 60.2 Å². The summed E-state index contributed by atoms with van der Waals surface area (Å²) in [6, 6.07) is 18.8. The highest BCUT2D eigenvalue weighted by molar-refractivity contribution is 5.63. The molecule has 0 aromatic heterocycles. The summed E-state index contributed by atoms with van der Waals surface area (Å²) < 4.78 is 0. The standard InChI is InChI=1S/C14H14N/c15-11-10-12-6-8-14(9-7-12)13-4-2-1-3-5-13/h1-9,15H,10-11H2. The van der Waals surface area contributed by atoms with E-state index in [2.05, 4.69) is 36.4 Å².